The molecule has 38 heteroatoms. The van der Waals surface area contributed by atoms with Crippen molar-refractivity contribution < 1.29 is 164 Å². The first-order chi connectivity index (χ1) is 55.1. The van der Waals surface area contributed by atoms with Crippen LogP contribution in [-0.4, -0.2) is 381 Å². The number of rotatable bonds is 75. The summed E-state index contributed by atoms with van der Waals surface area (Å²) in [6.45, 7) is 10.4. The molecule has 666 valence electrons. The van der Waals surface area contributed by atoms with Crippen LogP contribution >= 0.6 is 7.57 Å². The summed E-state index contributed by atoms with van der Waals surface area (Å²) in [4.78, 5) is 63.5. The fourth-order valence-corrected chi connectivity index (χ4v) is 12.7. The molecule has 10 N–H and O–H groups in total. The summed E-state index contributed by atoms with van der Waals surface area (Å²) in [5.74, 6) is -1.74. The number of hydrogen-bond donors (Lipinski definition) is 10. The number of Topliss-reactive ketones (excluding diaryl/α,β-unsaturated/α-hetero) is 4. The van der Waals surface area contributed by atoms with Gasteiger partial charge in [-0.05, 0) is 57.7 Å². The molecule has 3 aliphatic heterocycles. The van der Waals surface area contributed by atoms with Crippen molar-refractivity contribution >= 4 is 37.0 Å². The quantitative estimate of drug-likeness (QED) is 0.0316. The van der Waals surface area contributed by atoms with Crippen molar-refractivity contribution in [1.82, 2.24) is 15.0 Å². The van der Waals surface area contributed by atoms with Gasteiger partial charge in [0.25, 0.3) is 0 Å². The van der Waals surface area contributed by atoms with E-state index < -0.39 is 124 Å². The van der Waals surface area contributed by atoms with Crippen molar-refractivity contribution in [2.45, 2.75) is 210 Å². The number of ketones is 4. The molecular weight excluding hydrogens is 1530 g/mol. The van der Waals surface area contributed by atoms with Crippen molar-refractivity contribution in [3.8, 4) is 0 Å². The van der Waals surface area contributed by atoms with Gasteiger partial charge in [-0.2, -0.15) is 0 Å². The monoisotopic (exact) mass is 1670 g/mol. The smallest absolute Gasteiger partial charge is 0.247 e. The van der Waals surface area contributed by atoms with Gasteiger partial charge in [0.15, 0.2) is 18.9 Å². The normalized spacial score (nSPS) is 25.1. The SMILES string of the molecule is C=P(O)(OC)OCCCCc1cn(CCCCCC(=O)CC(COCCC(=O)CCCOCCOCCOCCOC2OC(CO)C(O)C(O)C2C)(COCCC(=O)CCCOCCOCCOCCOC2OC(CO)C(O)C(O)C2C)COCCC(=O)CCCOCCOCCOCCOC2OC(CO)C(O)C(O)C2C)nn1. The fraction of sp³-hybridized carbons (Fsp3) is 0.908. The molecule has 3 aliphatic rings. The van der Waals surface area contributed by atoms with Gasteiger partial charge in [0.2, 0.25) is 7.57 Å². The highest BCUT2D eigenvalue weighted by Crippen LogP contribution is 2.41. The summed E-state index contributed by atoms with van der Waals surface area (Å²) in [5.41, 5.74) is -0.245. The van der Waals surface area contributed by atoms with Gasteiger partial charge < -0.3 is 145 Å². The zero-order chi connectivity index (χ0) is 83.0. The number of unbranched alkanes of at least 4 members (excludes halogenated alkanes) is 3. The van der Waals surface area contributed by atoms with Crippen LogP contribution in [0.5, 0.6) is 0 Å². The Kier molecular flexibility index (Phi) is 57.0. The first-order valence-corrected chi connectivity index (χ1v) is 42.1. The van der Waals surface area contributed by atoms with Gasteiger partial charge >= 0.3 is 0 Å². The lowest BCUT2D eigenvalue weighted by molar-refractivity contribution is -0.284. The second-order valence-corrected chi connectivity index (χ2v) is 30.7. The van der Waals surface area contributed by atoms with Crippen LogP contribution in [0.25, 0.3) is 0 Å². The Balaban J connectivity index is 1.23. The zero-order valence-electron chi connectivity index (χ0n) is 67.7. The number of ether oxygens (including phenoxy) is 18. The third kappa shape index (κ3) is 44.5. The van der Waals surface area contributed by atoms with Gasteiger partial charge in [-0.1, -0.05) is 32.4 Å². The highest BCUT2D eigenvalue weighted by atomic mass is 31.2. The maximum atomic E-state index is 14.1. The van der Waals surface area contributed by atoms with Crippen molar-refractivity contribution in [3.05, 3.63) is 11.9 Å². The third-order valence-corrected chi connectivity index (χ3v) is 20.4. The summed E-state index contributed by atoms with van der Waals surface area (Å²) in [6, 6.07) is 0. The number of carbonyl (C=O) groups excluding carboxylic acids is 4. The van der Waals surface area contributed by atoms with E-state index in [9.17, 15) is 70.0 Å². The molecule has 114 heavy (non-hydrogen) atoms. The highest BCUT2D eigenvalue weighted by molar-refractivity contribution is 7.58. The lowest BCUT2D eigenvalue weighted by Crippen LogP contribution is -2.55. The number of nitrogens with zero attached hydrogens (tertiary/aromatic N) is 3. The largest absolute Gasteiger partial charge is 0.394 e. The van der Waals surface area contributed by atoms with Crippen LogP contribution in [0.1, 0.15) is 129 Å². The summed E-state index contributed by atoms with van der Waals surface area (Å²) in [5, 5.41) is 97.8. The predicted octanol–water partition coefficient (Wildman–Crippen LogP) is 0.649. The first-order valence-electron chi connectivity index (χ1n) is 40.3. The Morgan fingerprint density at radius 1 is 0.412 bits per heavy atom. The highest BCUT2D eigenvalue weighted by Gasteiger charge is 2.45. The molecule has 0 aliphatic carbocycles. The molecule has 0 bridgehead atoms. The summed E-state index contributed by atoms with van der Waals surface area (Å²) in [6.07, 6.45) is 0.0141. The molecule has 4 rings (SSSR count). The average Bonchev–Trinajstić information content (AvgIpc) is 0.979. The van der Waals surface area contributed by atoms with E-state index in [1.54, 1.807) is 25.5 Å². The molecule has 37 nitrogen and oxygen atoms in total. The van der Waals surface area contributed by atoms with E-state index in [2.05, 4.69) is 16.6 Å². The third-order valence-electron chi connectivity index (χ3n) is 19.3. The summed E-state index contributed by atoms with van der Waals surface area (Å²) >= 11 is 0. The Bertz CT molecular complexity index is 2460. The van der Waals surface area contributed by atoms with Crippen LogP contribution < -0.4 is 0 Å². The minimum atomic E-state index is -3.04. The van der Waals surface area contributed by atoms with Crippen LogP contribution in [0.15, 0.2) is 6.20 Å². The number of carbonyl (C=O) groups is 4. The molecule has 0 aromatic carbocycles. The molecule has 0 radical (unpaired) electrons. The van der Waals surface area contributed by atoms with Crippen molar-refractivity contribution in [2.24, 2.45) is 23.2 Å². The lowest BCUT2D eigenvalue weighted by atomic mass is 9.84. The number of aromatic nitrogens is 3. The molecular formula is C76H138N3O34P. The van der Waals surface area contributed by atoms with Crippen LogP contribution in [0, 0.1) is 23.2 Å². The van der Waals surface area contributed by atoms with Crippen molar-refractivity contribution in [1.29, 1.82) is 0 Å². The standard InChI is InChI=1S/C76H138N3O34P/c1-56-67(87)70(90)64(50-80)111-73(56)107-45-42-101-39-36-98-33-30-95-23-11-16-60(83)19-27-104-53-76(48-63(86)15-7-6-9-22-79-49-59(77-78-79)14-8-10-26-110-114(5,93)94-4,54-105-28-20-61(84)17-12-24-96-31-34-99-37-40-102-43-46-108-74-57(2)68(88)71(91)65(51-81)112-74)55-106-29-21-62(85)18-13-25-97-32-35-100-38-41-103-44-47-109-75-58(3)69(89)72(92)66(52-82)113-75/h49,56-58,64-75,80-82,87-93H,5-48,50-55H2,1-4H3. The molecule has 3 fully saturated rings. The lowest BCUT2D eigenvalue weighted by Gasteiger charge is -2.40. The molecule has 1 aromatic heterocycles. The second-order valence-electron chi connectivity index (χ2n) is 28.8. The minimum absolute atomic E-state index is 0.0108. The number of hydrogen-bond acceptors (Lipinski definition) is 36. The average molecular weight is 1670 g/mol. The molecule has 0 saturated carbocycles. The topological polar surface area (TPSA) is 486 Å². The second kappa shape index (κ2) is 63.0. The van der Waals surface area contributed by atoms with Gasteiger partial charge in [-0.15, -0.1) is 5.10 Å². The number of aliphatic hydroxyl groups excluding tert-OH is 9. The van der Waals surface area contributed by atoms with Gasteiger partial charge in [0.1, 0.15) is 59.8 Å². The van der Waals surface area contributed by atoms with E-state index in [0.717, 1.165) is 25.0 Å². The molecule has 0 spiro atoms. The fourth-order valence-electron chi connectivity index (χ4n) is 12.2. The predicted molar refractivity (Wildman–Crippen MR) is 408 cm³/mol. The number of aryl methyl sites for hydroxylation is 2. The van der Waals surface area contributed by atoms with Gasteiger partial charge in [0, 0.05) is 114 Å². The molecule has 16 unspecified atom stereocenters. The van der Waals surface area contributed by atoms with Crippen LogP contribution in [0.4, 0.5) is 0 Å². The minimum Gasteiger partial charge on any atom is -0.394 e. The Morgan fingerprint density at radius 2 is 0.746 bits per heavy atom. The van der Waals surface area contributed by atoms with Gasteiger partial charge in [-0.25, -0.2) is 0 Å². The molecule has 0 amide bonds. The Hall–Kier alpha value is -3.08. The van der Waals surface area contributed by atoms with Crippen molar-refractivity contribution in [3.63, 3.8) is 0 Å². The van der Waals surface area contributed by atoms with E-state index in [-0.39, 0.29) is 174 Å². The first kappa shape index (κ1) is 103. The molecule has 16 atom stereocenters. The summed E-state index contributed by atoms with van der Waals surface area (Å²) < 4.78 is 115. The molecule has 1 aromatic rings. The Morgan fingerprint density at radius 3 is 1.09 bits per heavy atom. The van der Waals surface area contributed by atoms with E-state index in [1.807, 2.05) is 6.20 Å². The molecule has 3 saturated heterocycles. The molecule has 4 heterocycles. The maximum Gasteiger partial charge on any atom is 0.247 e. The van der Waals surface area contributed by atoms with E-state index in [1.165, 1.54) is 7.11 Å². The zero-order valence-corrected chi connectivity index (χ0v) is 68.5. The van der Waals surface area contributed by atoms with Crippen LogP contribution in [0.3, 0.4) is 0 Å². The van der Waals surface area contributed by atoms with Gasteiger partial charge in [-0.3, -0.25) is 23.9 Å². The van der Waals surface area contributed by atoms with Crippen LogP contribution in [-0.2, 0) is 126 Å². The summed E-state index contributed by atoms with van der Waals surface area (Å²) in [7, 11) is -1.69. The maximum absolute atomic E-state index is 14.1. The van der Waals surface area contributed by atoms with Gasteiger partial charge in [0.05, 0.1) is 209 Å². The van der Waals surface area contributed by atoms with E-state index in [0.29, 0.717) is 131 Å². The van der Waals surface area contributed by atoms with E-state index in [4.69, 9.17) is 94.3 Å². The number of aliphatic hydroxyl groups is 9. The van der Waals surface area contributed by atoms with Crippen LogP contribution in [0.2, 0.25) is 0 Å². The van der Waals surface area contributed by atoms with E-state index >= 15 is 0 Å². The van der Waals surface area contributed by atoms with Crippen molar-refractivity contribution in [2.75, 3.05) is 212 Å². The Labute approximate surface area is 671 Å².